The van der Waals surface area contributed by atoms with Crippen LogP contribution >= 0.6 is 23.2 Å². The lowest BCUT2D eigenvalue weighted by Crippen LogP contribution is -1.99. The van der Waals surface area contributed by atoms with E-state index in [9.17, 15) is 4.21 Å². The number of nitrogens with zero attached hydrogens (tertiary/aromatic N) is 1. The van der Waals surface area contributed by atoms with Crippen molar-refractivity contribution < 1.29 is 4.21 Å². The summed E-state index contributed by atoms with van der Waals surface area (Å²) in [5.74, 6) is 0.216. The molecule has 0 spiro atoms. The maximum atomic E-state index is 12.3. The Balaban J connectivity index is 2.28. The van der Waals surface area contributed by atoms with E-state index < -0.39 is 10.8 Å². The topological polar surface area (TPSA) is 66.9 Å². The van der Waals surface area contributed by atoms with E-state index >= 15 is 0 Å². The van der Waals surface area contributed by atoms with Gasteiger partial charge >= 0.3 is 0 Å². The number of rotatable bonds is 3. The van der Waals surface area contributed by atoms with E-state index in [-0.39, 0.29) is 5.75 Å². The minimum atomic E-state index is -1.35. The zero-order valence-corrected chi connectivity index (χ0v) is 12.6. The molecule has 1 atom stereocenters. The first kappa shape index (κ1) is 14.9. The van der Waals surface area contributed by atoms with Gasteiger partial charge in [0.1, 0.15) is 0 Å². The van der Waals surface area contributed by atoms with Crippen molar-refractivity contribution in [1.29, 1.82) is 5.26 Å². The van der Waals surface area contributed by atoms with Gasteiger partial charge in [0.25, 0.3) is 0 Å². The standard InChI is InChI=1S/C14H10Cl2N2OS/c15-12-4-3-11(18)6-14(12)20(19)8-10-2-1-9(7-17)5-13(10)16/h1-6H,8,18H2. The van der Waals surface area contributed by atoms with E-state index in [2.05, 4.69) is 0 Å². The Bertz CT molecular complexity index is 726. The van der Waals surface area contributed by atoms with Gasteiger partial charge in [0.2, 0.25) is 0 Å². The van der Waals surface area contributed by atoms with Gasteiger partial charge in [-0.1, -0.05) is 29.3 Å². The molecule has 0 fully saturated rings. The number of hydrogen-bond donors (Lipinski definition) is 1. The van der Waals surface area contributed by atoms with Crippen LogP contribution in [0.2, 0.25) is 10.0 Å². The summed E-state index contributed by atoms with van der Waals surface area (Å²) < 4.78 is 12.3. The first-order chi connectivity index (χ1) is 9.51. The summed E-state index contributed by atoms with van der Waals surface area (Å²) in [6.07, 6.45) is 0. The highest BCUT2D eigenvalue weighted by atomic mass is 35.5. The molecule has 2 aromatic carbocycles. The van der Waals surface area contributed by atoms with E-state index in [0.717, 1.165) is 0 Å². The fourth-order valence-corrected chi connectivity index (χ4v) is 3.59. The Kier molecular flexibility index (Phi) is 4.66. The van der Waals surface area contributed by atoms with Crippen molar-refractivity contribution in [1.82, 2.24) is 0 Å². The highest BCUT2D eigenvalue weighted by molar-refractivity contribution is 7.84. The van der Waals surface area contributed by atoms with Gasteiger partial charge in [-0.05, 0) is 35.9 Å². The van der Waals surface area contributed by atoms with Crippen LogP contribution in [0.15, 0.2) is 41.3 Å². The van der Waals surface area contributed by atoms with Crippen molar-refractivity contribution in [2.45, 2.75) is 10.6 Å². The maximum absolute atomic E-state index is 12.3. The molecule has 0 amide bonds. The fourth-order valence-electron chi connectivity index (χ4n) is 1.65. The molecule has 102 valence electrons. The van der Waals surface area contributed by atoms with Crippen molar-refractivity contribution in [3.63, 3.8) is 0 Å². The summed E-state index contributed by atoms with van der Waals surface area (Å²) in [4.78, 5) is 0.479. The number of benzene rings is 2. The van der Waals surface area contributed by atoms with Crippen LogP contribution in [0, 0.1) is 11.3 Å². The molecule has 0 saturated carbocycles. The van der Waals surface area contributed by atoms with Crippen molar-refractivity contribution in [2.24, 2.45) is 0 Å². The first-order valence-corrected chi connectivity index (χ1v) is 7.70. The summed E-state index contributed by atoms with van der Waals surface area (Å²) in [5.41, 5.74) is 7.34. The first-order valence-electron chi connectivity index (χ1n) is 5.63. The average molecular weight is 325 g/mol. The maximum Gasteiger partial charge on any atom is 0.0992 e. The van der Waals surface area contributed by atoms with Gasteiger partial charge in [-0.15, -0.1) is 0 Å². The van der Waals surface area contributed by atoms with Crippen LogP contribution in [-0.2, 0) is 16.6 Å². The zero-order valence-electron chi connectivity index (χ0n) is 10.3. The van der Waals surface area contributed by atoms with Gasteiger partial charge in [-0.3, -0.25) is 4.21 Å². The smallest absolute Gasteiger partial charge is 0.0992 e. The predicted molar refractivity (Wildman–Crippen MR) is 82.1 cm³/mol. The van der Waals surface area contributed by atoms with Crippen LogP contribution in [0.5, 0.6) is 0 Å². The van der Waals surface area contributed by atoms with Gasteiger partial charge in [0.15, 0.2) is 0 Å². The molecule has 0 aliphatic rings. The van der Waals surface area contributed by atoms with Crippen LogP contribution in [0.25, 0.3) is 0 Å². The highest BCUT2D eigenvalue weighted by Gasteiger charge is 2.12. The lowest BCUT2D eigenvalue weighted by molar-refractivity contribution is 0.682. The molecule has 2 rings (SSSR count). The molecule has 0 saturated heterocycles. The zero-order chi connectivity index (χ0) is 14.7. The molecular formula is C14H10Cl2N2OS. The fraction of sp³-hybridized carbons (Fsp3) is 0.0714. The van der Waals surface area contributed by atoms with Gasteiger partial charge in [0.05, 0.1) is 38.1 Å². The molecule has 0 aliphatic carbocycles. The molecule has 2 aromatic rings. The molecule has 3 nitrogen and oxygen atoms in total. The quantitative estimate of drug-likeness (QED) is 0.874. The molecule has 0 aromatic heterocycles. The third-order valence-corrected chi connectivity index (χ3v) is 4.86. The van der Waals surface area contributed by atoms with Crippen molar-refractivity contribution in [3.8, 4) is 6.07 Å². The molecule has 0 heterocycles. The number of hydrogen-bond acceptors (Lipinski definition) is 3. The van der Waals surface area contributed by atoms with Crippen LogP contribution in [0.3, 0.4) is 0 Å². The Morgan fingerprint density at radius 3 is 2.55 bits per heavy atom. The van der Waals surface area contributed by atoms with Crippen molar-refractivity contribution in [2.75, 3.05) is 5.73 Å². The molecular weight excluding hydrogens is 315 g/mol. The van der Waals surface area contributed by atoms with E-state index in [1.165, 1.54) is 0 Å². The number of nitrogen functional groups attached to an aromatic ring is 1. The monoisotopic (exact) mass is 324 g/mol. The largest absolute Gasteiger partial charge is 0.399 e. The second-order valence-corrected chi connectivity index (χ2v) is 6.33. The Morgan fingerprint density at radius 1 is 1.15 bits per heavy atom. The molecule has 20 heavy (non-hydrogen) atoms. The summed E-state index contributed by atoms with van der Waals surface area (Å²) in [7, 11) is -1.35. The number of halogens is 2. The average Bonchev–Trinajstić information content (AvgIpc) is 2.43. The Morgan fingerprint density at radius 2 is 1.90 bits per heavy atom. The predicted octanol–water partition coefficient (Wildman–Crippen LogP) is 3.76. The summed E-state index contributed by atoms with van der Waals surface area (Å²) in [6.45, 7) is 0. The van der Waals surface area contributed by atoms with E-state index in [0.29, 0.717) is 31.8 Å². The van der Waals surface area contributed by atoms with Crippen LogP contribution in [-0.4, -0.2) is 4.21 Å². The molecule has 0 bridgehead atoms. The molecule has 0 radical (unpaired) electrons. The van der Waals surface area contributed by atoms with Crippen LogP contribution in [0.4, 0.5) is 5.69 Å². The van der Waals surface area contributed by atoms with E-state index in [1.807, 2.05) is 6.07 Å². The van der Waals surface area contributed by atoms with E-state index in [1.54, 1.807) is 36.4 Å². The lowest BCUT2D eigenvalue weighted by Gasteiger charge is -2.07. The van der Waals surface area contributed by atoms with Crippen molar-refractivity contribution in [3.05, 3.63) is 57.6 Å². The third-order valence-electron chi connectivity index (χ3n) is 2.67. The minimum absolute atomic E-state index is 0.216. The number of anilines is 1. The van der Waals surface area contributed by atoms with Crippen LogP contribution < -0.4 is 5.73 Å². The summed E-state index contributed by atoms with van der Waals surface area (Å²) in [6, 6.07) is 11.7. The Hall–Kier alpha value is -1.54. The summed E-state index contributed by atoms with van der Waals surface area (Å²) >= 11 is 12.1. The second-order valence-electron chi connectivity index (χ2n) is 4.10. The van der Waals surface area contributed by atoms with Gasteiger partial charge in [-0.25, -0.2) is 0 Å². The van der Waals surface area contributed by atoms with Gasteiger partial charge < -0.3 is 5.73 Å². The minimum Gasteiger partial charge on any atom is -0.399 e. The molecule has 1 unspecified atom stereocenters. The third kappa shape index (κ3) is 3.31. The molecule has 6 heteroatoms. The highest BCUT2D eigenvalue weighted by Crippen LogP contribution is 2.26. The van der Waals surface area contributed by atoms with Crippen molar-refractivity contribution >= 4 is 39.7 Å². The SMILES string of the molecule is N#Cc1ccc(CS(=O)c2cc(N)ccc2Cl)c(Cl)c1. The van der Waals surface area contributed by atoms with Gasteiger partial charge in [0, 0.05) is 10.7 Å². The van der Waals surface area contributed by atoms with Crippen LogP contribution in [0.1, 0.15) is 11.1 Å². The lowest BCUT2D eigenvalue weighted by atomic mass is 10.2. The Labute approximate surface area is 129 Å². The number of nitriles is 1. The normalized spacial score (nSPS) is 11.8. The molecule has 0 aliphatic heterocycles. The summed E-state index contributed by atoms with van der Waals surface area (Å²) in [5, 5.41) is 9.60. The molecule has 2 N–H and O–H groups in total. The van der Waals surface area contributed by atoms with Gasteiger partial charge in [-0.2, -0.15) is 5.26 Å². The van der Waals surface area contributed by atoms with E-state index in [4.69, 9.17) is 34.2 Å². The second kappa shape index (κ2) is 6.27. The number of nitrogens with two attached hydrogens (primary N) is 1.